The predicted octanol–water partition coefficient (Wildman–Crippen LogP) is 2.51. The second-order valence-electron chi connectivity index (χ2n) is 3.47. The zero-order chi connectivity index (χ0) is 8.10. The SMILES string of the molecule is CC(=CCO)C1CCCCC1. The Hall–Kier alpha value is -0.300. The summed E-state index contributed by atoms with van der Waals surface area (Å²) < 4.78 is 0. The van der Waals surface area contributed by atoms with Crippen molar-refractivity contribution in [3.05, 3.63) is 11.6 Å². The number of rotatable bonds is 2. The van der Waals surface area contributed by atoms with Crippen LogP contribution in [0.2, 0.25) is 0 Å². The molecule has 0 amide bonds. The molecule has 0 saturated heterocycles. The zero-order valence-electron chi connectivity index (χ0n) is 7.34. The molecule has 0 spiro atoms. The molecule has 64 valence electrons. The van der Waals surface area contributed by atoms with Gasteiger partial charge in [0.25, 0.3) is 0 Å². The van der Waals surface area contributed by atoms with Gasteiger partial charge in [0.1, 0.15) is 0 Å². The molecule has 0 heterocycles. The fraction of sp³-hybridized carbons (Fsp3) is 0.800. The first-order chi connectivity index (χ1) is 5.34. The summed E-state index contributed by atoms with van der Waals surface area (Å²) in [5, 5.41) is 8.69. The molecule has 11 heavy (non-hydrogen) atoms. The molecule has 1 heteroatoms. The van der Waals surface area contributed by atoms with E-state index in [4.69, 9.17) is 5.11 Å². The van der Waals surface area contributed by atoms with Crippen molar-refractivity contribution in [1.82, 2.24) is 0 Å². The fourth-order valence-electron chi connectivity index (χ4n) is 1.87. The van der Waals surface area contributed by atoms with Gasteiger partial charge in [-0.25, -0.2) is 0 Å². The maximum Gasteiger partial charge on any atom is 0.0615 e. The van der Waals surface area contributed by atoms with Gasteiger partial charge in [-0.2, -0.15) is 0 Å². The van der Waals surface area contributed by atoms with E-state index >= 15 is 0 Å². The van der Waals surface area contributed by atoms with E-state index in [1.807, 2.05) is 6.08 Å². The Morgan fingerprint density at radius 3 is 2.55 bits per heavy atom. The van der Waals surface area contributed by atoms with Crippen molar-refractivity contribution in [2.75, 3.05) is 6.61 Å². The Bertz CT molecular complexity index is 132. The Balaban J connectivity index is 2.38. The molecule has 0 bridgehead atoms. The topological polar surface area (TPSA) is 20.2 Å². The minimum atomic E-state index is 0.211. The van der Waals surface area contributed by atoms with Crippen molar-refractivity contribution < 1.29 is 5.11 Å². The van der Waals surface area contributed by atoms with Crippen molar-refractivity contribution in [3.8, 4) is 0 Å². The van der Waals surface area contributed by atoms with E-state index in [9.17, 15) is 0 Å². The molecule has 1 aliphatic carbocycles. The lowest BCUT2D eigenvalue weighted by atomic mass is 9.84. The lowest BCUT2D eigenvalue weighted by Gasteiger charge is -2.22. The summed E-state index contributed by atoms with van der Waals surface area (Å²) in [7, 11) is 0. The second-order valence-corrected chi connectivity index (χ2v) is 3.47. The summed E-state index contributed by atoms with van der Waals surface area (Å²) in [5.74, 6) is 0.774. The third-order valence-electron chi connectivity index (χ3n) is 2.66. The van der Waals surface area contributed by atoms with Crippen molar-refractivity contribution in [3.63, 3.8) is 0 Å². The zero-order valence-corrected chi connectivity index (χ0v) is 7.34. The molecule has 0 aliphatic heterocycles. The molecule has 1 N–H and O–H groups in total. The van der Waals surface area contributed by atoms with Crippen molar-refractivity contribution >= 4 is 0 Å². The van der Waals surface area contributed by atoms with Crippen LogP contribution in [0.5, 0.6) is 0 Å². The molecule has 0 aromatic heterocycles. The van der Waals surface area contributed by atoms with Crippen molar-refractivity contribution in [2.24, 2.45) is 5.92 Å². The van der Waals surface area contributed by atoms with Crippen LogP contribution in [-0.4, -0.2) is 11.7 Å². The summed E-state index contributed by atoms with van der Waals surface area (Å²) in [6, 6.07) is 0. The molecule has 0 radical (unpaired) electrons. The third kappa shape index (κ3) is 2.66. The predicted molar refractivity (Wildman–Crippen MR) is 47.4 cm³/mol. The standard InChI is InChI=1S/C10H18O/c1-9(7-8-11)10-5-3-2-4-6-10/h7,10-11H,2-6,8H2,1H3. The van der Waals surface area contributed by atoms with Crippen LogP contribution in [0.25, 0.3) is 0 Å². The van der Waals surface area contributed by atoms with Crippen molar-refractivity contribution in [1.29, 1.82) is 0 Å². The van der Waals surface area contributed by atoms with E-state index in [1.54, 1.807) is 0 Å². The minimum absolute atomic E-state index is 0.211. The van der Waals surface area contributed by atoms with Gasteiger partial charge in [-0.3, -0.25) is 0 Å². The monoisotopic (exact) mass is 154 g/mol. The van der Waals surface area contributed by atoms with Crippen LogP contribution in [-0.2, 0) is 0 Å². The van der Waals surface area contributed by atoms with E-state index in [0.717, 1.165) is 5.92 Å². The maximum absolute atomic E-state index is 8.69. The molecule has 1 rings (SSSR count). The molecule has 0 aromatic rings. The van der Waals surface area contributed by atoms with Crippen LogP contribution < -0.4 is 0 Å². The molecule has 1 nitrogen and oxygen atoms in total. The Morgan fingerprint density at radius 1 is 1.36 bits per heavy atom. The smallest absolute Gasteiger partial charge is 0.0615 e. The molecular formula is C10H18O. The average Bonchev–Trinajstić information content (AvgIpc) is 2.07. The molecule has 0 atom stereocenters. The van der Waals surface area contributed by atoms with Gasteiger partial charge in [-0.15, -0.1) is 0 Å². The summed E-state index contributed by atoms with van der Waals surface area (Å²) in [5.41, 5.74) is 1.40. The summed E-state index contributed by atoms with van der Waals surface area (Å²) in [6.07, 6.45) is 8.78. The molecule has 0 unspecified atom stereocenters. The highest BCUT2D eigenvalue weighted by Crippen LogP contribution is 2.28. The van der Waals surface area contributed by atoms with Gasteiger partial charge in [0, 0.05) is 0 Å². The first-order valence-electron chi connectivity index (χ1n) is 4.62. The van der Waals surface area contributed by atoms with Gasteiger partial charge in [0.05, 0.1) is 6.61 Å². The highest BCUT2D eigenvalue weighted by Gasteiger charge is 2.13. The highest BCUT2D eigenvalue weighted by molar-refractivity contribution is 5.04. The first-order valence-corrected chi connectivity index (χ1v) is 4.62. The second kappa shape index (κ2) is 4.55. The van der Waals surface area contributed by atoms with E-state index in [1.165, 1.54) is 37.7 Å². The Labute approximate surface area is 69.1 Å². The lowest BCUT2D eigenvalue weighted by molar-refractivity contribution is 0.337. The number of aliphatic hydroxyl groups excluding tert-OH is 1. The summed E-state index contributed by atoms with van der Waals surface area (Å²) in [6.45, 7) is 2.36. The number of aliphatic hydroxyl groups is 1. The molecular weight excluding hydrogens is 136 g/mol. The normalized spacial score (nSPS) is 22.2. The minimum Gasteiger partial charge on any atom is -0.392 e. The largest absolute Gasteiger partial charge is 0.392 e. The number of hydrogen-bond acceptors (Lipinski definition) is 1. The molecule has 1 saturated carbocycles. The summed E-state index contributed by atoms with van der Waals surface area (Å²) in [4.78, 5) is 0. The highest BCUT2D eigenvalue weighted by atomic mass is 16.2. The van der Waals surface area contributed by atoms with Crippen LogP contribution in [0, 0.1) is 5.92 Å². The first kappa shape index (κ1) is 8.79. The van der Waals surface area contributed by atoms with Crippen LogP contribution in [0.4, 0.5) is 0 Å². The fourth-order valence-corrected chi connectivity index (χ4v) is 1.87. The molecule has 1 fully saturated rings. The lowest BCUT2D eigenvalue weighted by Crippen LogP contribution is -2.07. The van der Waals surface area contributed by atoms with Crippen LogP contribution in [0.3, 0.4) is 0 Å². The van der Waals surface area contributed by atoms with E-state index in [2.05, 4.69) is 6.92 Å². The van der Waals surface area contributed by atoms with Gasteiger partial charge in [0.15, 0.2) is 0 Å². The average molecular weight is 154 g/mol. The Morgan fingerprint density at radius 2 is 2.00 bits per heavy atom. The van der Waals surface area contributed by atoms with E-state index < -0.39 is 0 Å². The van der Waals surface area contributed by atoms with Crippen molar-refractivity contribution in [2.45, 2.75) is 39.0 Å². The quantitative estimate of drug-likeness (QED) is 0.606. The third-order valence-corrected chi connectivity index (χ3v) is 2.66. The summed E-state index contributed by atoms with van der Waals surface area (Å²) >= 11 is 0. The van der Waals surface area contributed by atoms with Crippen LogP contribution >= 0.6 is 0 Å². The van der Waals surface area contributed by atoms with Crippen LogP contribution in [0.15, 0.2) is 11.6 Å². The van der Waals surface area contributed by atoms with E-state index in [0.29, 0.717) is 0 Å². The maximum atomic E-state index is 8.69. The van der Waals surface area contributed by atoms with Crippen LogP contribution in [0.1, 0.15) is 39.0 Å². The van der Waals surface area contributed by atoms with Gasteiger partial charge in [-0.1, -0.05) is 30.9 Å². The van der Waals surface area contributed by atoms with Gasteiger partial charge in [-0.05, 0) is 25.7 Å². The van der Waals surface area contributed by atoms with Gasteiger partial charge < -0.3 is 5.11 Å². The molecule has 1 aliphatic rings. The number of hydrogen-bond donors (Lipinski definition) is 1. The Kier molecular flexibility index (Phi) is 3.64. The van der Waals surface area contributed by atoms with E-state index in [-0.39, 0.29) is 6.61 Å². The van der Waals surface area contributed by atoms with Gasteiger partial charge in [0.2, 0.25) is 0 Å². The van der Waals surface area contributed by atoms with Gasteiger partial charge >= 0.3 is 0 Å². The number of allylic oxidation sites excluding steroid dienone is 1. The molecule has 0 aromatic carbocycles.